The lowest BCUT2D eigenvalue weighted by Gasteiger charge is -2.14. The van der Waals surface area contributed by atoms with E-state index in [-0.39, 0.29) is 22.0 Å². The Morgan fingerprint density at radius 2 is 1.85 bits per heavy atom. The van der Waals surface area contributed by atoms with Gasteiger partial charge >= 0.3 is 6.18 Å². The number of hydrogen-bond donors (Lipinski definition) is 1. The highest BCUT2D eigenvalue weighted by Crippen LogP contribution is 2.37. The van der Waals surface area contributed by atoms with Crippen molar-refractivity contribution >= 4 is 23.2 Å². The van der Waals surface area contributed by atoms with Gasteiger partial charge in [0, 0.05) is 10.6 Å². The standard InChI is InChI=1S/C18H12ClF3N2O2/c1-10-15(16(24-26-10)11-5-3-2-4-6-11)17(25)23-14-8-7-12(19)9-13(14)18(20,21)22/h2-9H,1H3,(H,23,25). The Bertz CT molecular complexity index is 953. The molecular weight excluding hydrogens is 369 g/mol. The van der Waals surface area contributed by atoms with Gasteiger partial charge in [0.1, 0.15) is 17.0 Å². The maximum absolute atomic E-state index is 13.2. The van der Waals surface area contributed by atoms with Crippen LogP contribution in [0.4, 0.5) is 18.9 Å². The Kier molecular flexibility index (Phi) is 4.73. The number of amides is 1. The van der Waals surface area contributed by atoms with Gasteiger partial charge in [-0.1, -0.05) is 47.1 Å². The molecule has 0 radical (unpaired) electrons. The largest absolute Gasteiger partial charge is 0.418 e. The number of nitrogens with one attached hydrogen (secondary N) is 1. The fraction of sp³-hybridized carbons (Fsp3) is 0.111. The summed E-state index contributed by atoms with van der Waals surface area (Å²) < 4.78 is 44.7. The summed E-state index contributed by atoms with van der Waals surface area (Å²) in [7, 11) is 0. The van der Waals surface area contributed by atoms with Crippen molar-refractivity contribution in [2.24, 2.45) is 0 Å². The van der Waals surface area contributed by atoms with Crippen molar-refractivity contribution in [3.63, 3.8) is 0 Å². The molecule has 4 nitrogen and oxygen atoms in total. The maximum Gasteiger partial charge on any atom is 0.418 e. The summed E-state index contributed by atoms with van der Waals surface area (Å²) in [6.45, 7) is 1.51. The fourth-order valence-electron chi connectivity index (χ4n) is 2.48. The average Bonchev–Trinajstić information content (AvgIpc) is 2.98. The first kappa shape index (κ1) is 18.0. The molecule has 1 aromatic heterocycles. The van der Waals surface area contributed by atoms with E-state index in [2.05, 4.69) is 10.5 Å². The second kappa shape index (κ2) is 6.84. The third-order valence-corrected chi connectivity index (χ3v) is 3.91. The zero-order valence-electron chi connectivity index (χ0n) is 13.4. The second-order valence-electron chi connectivity index (χ2n) is 5.47. The summed E-state index contributed by atoms with van der Waals surface area (Å²) in [5.41, 5.74) is -0.496. The van der Waals surface area contributed by atoms with Gasteiger partial charge in [-0.25, -0.2) is 0 Å². The van der Waals surface area contributed by atoms with Crippen molar-refractivity contribution in [2.75, 3.05) is 5.32 Å². The average molecular weight is 381 g/mol. The van der Waals surface area contributed by atoms with Gasteiger partial charge in [0.05, 0.1) is 11.3 Å². The molecule has 26 heavy (non-hydrogen) atoms. The van der Waals surface area contributed by atoms with Gasteiger partial charge < -0.3 is 9.84 Å². The highest BCUT2D eigenvalue weighted by molar-refractivity contribution is 6.30. The number of carbonyl (C=O) groups is 1. The molecule has 0 aliphatic rings. The molecule has 0 unspecified atom stereocenters. The van der Waals surface area contributed by atoms with Crippen molar-refractivity contribution in [2.45, 2.75) is 13.1 Å². The second-order valence-corrected chi connectivity index (χ2v) is 5.91. The van der Waals surface area contributed by atoms with E-state index in [0.717, 1.165) is 12.1 Å². The monoisotopic (exact) mass is 380 g/mol. The van der Waals surface area contributed by atoms with E-state index in [9.17, 15) is 18.0 Å². The van der Waals surface area contributed by atoms with Crippen molar-refractivity contribution in [1.82, 2.24) is 5.16 Å². The third-order valence-electron chi connectivity index (χ3n) is 3.67. The third kappa shape index (κ3) is 3.57. The van der Waals surface area contributed by atoms with Gasteiger partial charge in [-0.2, -0.15) is 13.2 Å². The number of halogens is 4. The van der Waals surface area contributed by atoms with Gasteiger partial charge in [-0.3, -0.25) is 4.79 Å². The van der Waals surface area contributed by atoms with Gasteiger partial charge in [-0.15, -0.1) is 0 Å². The van der Waals surface area contributed by atoms with Crippen LogP contribution in [0.5, 0.6) is 0 Å². The quantitative estimate of drug-likeness (QED) is 0.645. The van der Waals surface area contributed by atoms with E-state index < -0.39 is 23.3 Å². The molecule has 8 heteroatoms. The van der Waals surface area contributed by atoms with Crippen LogP contribution in [0.2, 0.25) is 5.02 Å². The molecular formula is C18H12ClF3N2O2. The van der Waals surface area contributed by atoms with E-state index in [4.69, 9.17) is 16.1 Å². The number of aromatic nitrogens is 1. The fourth-order valence-corrected chi connectivity index (χ4v) is 2.65. The number of benzene rings is 2. The number of nitrogens with zero attached hydrogens (tertiary/aromatic N) is 1. The number of rotatable bonds is 3. The van der Waals surface area contributed by atoms with Crippen molar-refractivity contribution in [3.8, 4) is 11.3 Å². The molecule has 0 spiro atoms. The molecule has 134 valence electrons. The summed E-state index contributed by atoms with van der Waals surface area (Å²) in [6.07, 6.45) is -4.67. The minimum absolute atomic E-state index is 0.0688. The Morgan fingerprint density at radius 3 is 2.50 bits per heavy atom. The minimum atomic E-state index is -4.67. The Balaban J connectivity index is 2.00. The van der Waals surface area contributed by atoms with Crippen LogP contribution in [0.3, 0.4) is 0 Å². The van der Waals surface area contributed by atoms with Crippen LogP contribution in [0.15, 0.2) is 53.1 Å². The molecule has 0 saturated heterocycles. The maximum atomic E-state index is 13.2. The van der Waals surface area contributed by atoms with Gasteiger partial charge in [0.25, 0.3) is 5.91 Å². The van der Waals surface area contributed by atoms with Gasteiger partial charge in [0.2, 0.25) is 0 Å². The lowest BCUT2D eigenvalue weighted by Crippen LogP contribution is -2.17. The predicted octanol–water partition coefficient (Wildman–Crippen LogP) is 5.57. The molecule has 0 fully saturated rings. The van der Waals surface area contributed by atoms with Crippen LogP contribution in [-0.2, 0) is 6.18 Å². The molecule has 0 aliphatic carbocycles. The topological polar surface area (TPSA) is 55.1 Å². The summed E-state index contributed by atoms with van der Waals surface area (Å²) >= 11 is 5.65. The first-order valence-electron chi connectivity index (χ1n) is 7.47. The normalized spacial score (nSPS) is 11.4. The molecule has 1 heterocycles. The summed E-state index contributed by atoms with van der Waals surface area (Å²) in [6, 6.07) is 11.9. The smallest absolute Gasteiger partial charge is 0.360 e. The van der Waals surface area contributed by atoms with Crippen molar-refractivity contribution in [1.29, 1.82) is 0 Å². The van der Waals surface area contributed by atoms with Gasteiger partial charge in [-0.05, 0) is 25.1 Å². The minimum Gasteiger partial charge on any atom is -0.360 e. The molecule has 0 atom stereocenters. The van der Waals surface area contributed by atoms with Crippen LogP contribution < -0.4 is 5.32 Å². The first-order chi connectivity index (χ1) is 12.3. The Labute approximate surface area is 151 Å². The Morgan fingerprint density at radius 1 is 1.15 bits per heavy atom. The SMILES string of the molecule is Cc1onc(-c2ccccc2)c1C(=O)Nc1ccc(Cl)cc1C(F)(F)F. The van der Waals surface area contributed by atoms with E-state index in [0.29, 0.717) is 5.56 Å². The summed E-state index contributed by atoms with van der Waals surface area (Å²) in [5.74, 6) is -0.556. The molecule has 3 aromatic rings. The van der Waals surface area contributed by atoms with Crippen LogP contribution in [-0.4, -0.2) is 11.1 Å². The van der Waals surface area contributed by atoms with E-state index in [1.165, 1.54) is 13.0 Å². The van der Waals surface area contributed by atoms with E-state index in [1.807, 2.05) is 0 Å². The molecule has 0 saturated carbocycles. The van der Waals surface area contributed by atoms with E-state index >= 15 is 0 Å². The zero-order chi connectivity index (χ0) is 18.9. The zero-order valence-corrected chi connectivity index (χ0v) is 14.2. The first-order valence-corrected chi connectivity index (χ1v) is 7.85. The number of carbonyl (C=O) groups excluding carboxylic acids is 1. The highest BCUT2D eigenvalue weighted by Gasteiger charge is 2.34. The highest BCUT2D eigenvalue weighted by atomic mass is 35.5. The van der Waals surface area contributed by atoms with Crippen LogP contribution >= 0.6 is 11.6 Å². The molecule has 3 rings (SSSR count). The van der Waals surface area contributed by atoms with Crippen molar-refractivity contribution in [3.05, 3.63) is 70.4 Å². The van der Waals surface area contributed by atoms with Gasteiger partial charge in [0.15, 0.2) is 0 Å². The number of anilines is 1. The summed E-state index contributed by atoms with van der Waals surface area (Å²) in [5, 5.41) is 6.05. The lowest BCUT2D eigenvalue weighted by atomic mass is 10.1. The van der Waals surface area contributed by atoms with E-state index in [1.54, 1.807) is 30.3 Å². The Hall–Kier alpha value is -2.80. The number of alkyl halides is 3. The molecule has 1 amide bonds. The van der Waals surface area contributed by atoms with Crippen LogP contribution in [0.25, 0.3) is 11.3 Å². The summed E-state index contributed by atoms with van der Waals surface area (Å²) in [4.78, 5) is 12.6. The predicted molar refractivity (Wildman–Crippen MR) is 91.1 cm³/mol. The molecule has 1 N–H and O–H groups in total. The molecule has 0 bridgehead atoms. The molecule has 0 aliphatic heterocycles. The number of aryl methyl sites for hydroxylation is 1. The molecule has 2 aromatic carbocycles. The van der Waals surface area contributed by atoms with Crippen LogP contribution in [0.1, 0.15) is 21.7 Å². The van der Waals surface area contributed by atoms with Crippen LogP contribution in [0, 0.1) is 6.92 Å². The number of hydrogen-bond acceptors (Lipinski definition) is 3. The van der Waals surface area contributed by atoms with Crippen molar-refractivity contribution < 1.29 is 22.5 Å². The lowest BCUT2D eigenvalue weighted by molar-refractivity contribution is -0.136.